The Morgan fingerprint density at radius 3 is 0.618 bits per heavy atom. The predicted molar refractivity (Wildman–Crippen MR) is 233 cm³/mol. The molecule has 0 rings (SSSR count). The Morgan fingerprint density at radius 2 is 0.491 bits per heavy atom. The molecule has 55 heavy (non-hydrogen) atoms. The lowest BCUT2D eigenvalue weighted by Gasteiger charge is -2.31. The Bertz CT molecular complexity index is 788. The van der Waals surface area contributed by atoms with Gasteiger partial charge in [0.15, 0.2) is 0 Å². The summed E-state index contributed by atoms with van der Waals surface area (Å²) in [4.78, 5) is 3.44. The Labute approximate surface area is 342 Å². The molecule has 0 heterocycles. The highest BCUT2D eigenvalue weighted by molar-refractivity contribution is 7.79. The molecular formula is C44H96N2O8S. The molecule has 0 unspecified atom stereocenters. The van der Waals surface area contributed by atoms with E-state index < -0.39 is 22.2 Å². The van der Waals surface area contributed by atoms with Crippen molar-refractivity contribution in [2.75, 3.05) is 26.2 Å². The molecule has 336 valence electrons. The van der Waals surface area contributed by atoms with Gasteiger partial charge in [-0.1, -0.05) is 220 Å². The average Bonchev–Trinajstić information content (AvgIpc) is 3.09. The monoisotopic (exact) mass is 813 g/mol. The first-order valence-corrected chi connectivity index (χ1v) is 24.5. The van der Waals surface area contributed by atoms with Gasteiger partial charge >= 0.3 is 10.4 Å². The molecule has 0 aliphatic carbocycles. The Kier molecular flexibility index (Phi) is 44.8. The van der Waals surface area contributed by atoms with Gasteiger partial charge in [-0.3, -0.25) is 18.9 Å². The summed E-state index contributed by atoms with van der Waals surface area (Å²) in [6.45, 7) is 14.3. The van der Waals surface area contributed by atoms with Crippen molar-refractivity contribution < 1.29 is 37.9 Å². The van der Waals surface area contributed by atoms with E-state index in [9.17, 15) is 20.4 Å². The molecule has 0 amide bonds. The predicted octanol–water partition coefficient (Wildman–Crippen LogP) is 11.8. The summed E-state index contributed by atoms with van der Waals surface area (Å²) in [6, 6.07) is 0. The second-order valence-corrected chi connectivity index (χ2v) is 17.1. The number of hydrogen-bond acceptors (Lipinski definition) is 8. The molecule has 6 N–H and O–H groups in total. The third-order valence-corrected chi connectivity index (χ3v) is 10.5. The van der Waals surface area contributed by atoms with Crippen LogP contribution in [0.2, 0.25) is 0 Å². The molecule has 0 saturated carbocycles. The largest absolute Gasteiger partial charge is 0.394 e. The molecule has 0 fully saturated rings. The lowest BCUT2D eigenvalue weighted by molar-refractivity contribution is -0.249. The van der Waals surface area contributed by atoms with E-state index in [0.29, 0.717) is 13.1 Å². The lowest BCUT2D eigenvalue weighted by atomic mass is 10.0. The van der Waals surface area contributed by atoms with Crippen LogP contribution < -0.4 is 0 Å². The van der Waals surface area contributed by atoms with Crippen LogP contribution in [0.1, 0.15) is 247 Å². The molecule has 0 spiro atoms. The first kappa shape index (κ1) is 58.9. The smallest absolute Gasteiger partial charge is 0.353 e. The normalized spacial score (nSPS) is 12.2. The van der Waals surface area contributed by atoms with Crippen LogP contribution in [-0.4, -0.2) is 85.8 Å². The van der Waals surface area contributed by atoms with Crippen LogP contribution in [0, 0.1) is 0 Å². The second-order valence-electron chi connectivity index (χ2n) is 16.2. The molecule has 11 heteroatoms. The van der Waals surface area contributed by atoms with Crippen molar-refractivity contribution in [2.24, 2.45) is 0 Å². The summed E-state index contributed by atoms with van der Waals surface area (Å²) < 4.78 is 31.6. The minimum Gasteiger partial charge on any atom is -0.353 e. The van der Waals surface area contributed by atoms with Crippen molar-refractivity contribution >= 4 is 10.4 Å². The molecule has 0 aromatic heterocycles. The summed E-state index contributed by atoms with van der Waals surface area (Å²) in [5.41, 5.74) is 0. The topological polar surface area (TPSA) is 162 Å². The molecule has 0 saturated heterocycles. The number of rotatable bonds is 38. The second kappa shape index (κ2) is 41.8. The molecular weight excluding hydrogens is 717 g/mol. The van der Waals surface area contributed by atoms with Crippen LogP contribution in [0.15, 0.2) is 0 Å². The number of hydrogen-bond donors (Lipinski definition) is 6. The van der Waals surface area contributed by atoms with Gasteiger partial charge in [-0.15, -0.1) is 0 Å². The maximum atomic E-state index is 9.58. The Balaban J connectivity index is -0.000000874. The summed E-state index contributed by atoms with van der Waals surface area (Å²) in [5.74, 6) is -3.32. The van der Waals surface area contributed by atoms with Crippen LogP contribution in [0.4, 0.5) is 0 Å². The first-order valence-electron chi connectivity index (χ1n) is 23.1. The fraction of sp³-hybridized carbons (Fsp3) is 1.00. The van der Waals surface area contributed by atoms with E-state index in [-0.39, 0.29) is 0 Å². The maximum absolute atomic E-state index is 9.58. The Morgan fingerprint density at radius 1 is 0.345 bits per heavy atom. The summed E-state index contributed by atoms with van der Waals surface area (Å²) in [5, 5.41) is 38.3. The molecule has 0 aromatic carbocycles. The molecule has 0 aromatic rings. The van der Waals surface area contributed by atoms with Crippen LogP contribution in [0.3, 0.4) is 0 Å². The molecule has 0 radical (unpaired) electrons. The highest BCUT2D eigenvalue weighted by Gasteiger charge is 2.24. The minimum atomic E-state index is -4.67. The molecule has 0 bridgehead atoms. The van der Waals surface area contributed by atoms with Gasteiger partial charge in [-0.05, 0) is 12.8 Å². The van der Waals surface area contributed by atoms with E-state index in [2.05, 4.69) is 13.8 Å². The number of aliphatic hydroxyl groups is 4. The summed E-state index contributed by atoms with van der Waals surface area (Å²) in [6.07, 6.45) is 43.7. The third kappa shape index (κ3) is 53.6. The van der Waals surface area contributed by atoms with E-state index in [0.717, 1.165) is 25.9 Å². The van der Waals surface area contributed by atoms with E-state index in [1.807, 2.05) is 13.8 Å². The fourth-order valence-corrected chi connectivity index (χ4v) is 7.04. The van der Waals surface area contributed by atoms with Gasteiger partial charge < -0.3 is 20.4 Å². The van der Waals surface area contributed by atoms with Crippen LogP contribution in [0.25, 0.3) is 0 Å². The van der Waals surface area contributed by atoms with Gasteiger partial charge in [0.25, 0.3) is 0 Å². The Hall–Kier alpha value is -0.370. The summed E-state index contributed by atoms with van der Waals surface area (Å²) in [7, 11) is -4.67. The first-order chi connectivity index (χ1) is 26.0. The van der Waals surface area contributed by atoms with Crippen molar-refractivity contribution in [1.82, 2.24) is 9.80 Å². The van der Waals surface area contributed by atoms with Gasteiger partial charge in [0.2, 0.25) is 11.8 Å². The van der Waals surface area contributed by atoms with Crippen molar-refractivity contribution in [3.8, 4) is 0 Å². The van der Waals surface area contributed by atoms with Crippen LogP contribution >= 0.6 is 0 Å². The van der Waals surface area contributed by atoms with Crippen molar-refractivity contribution in [2.45, 2.75) is 259 Å². The van der Waals surface area contributed by atoms with Gasteiger partial charge in [0.1, 0.15) is 0 Å². The lowest BCUT2D eigenvalue weighted by Crippen LogP contribution is -2.46. The highest BCUT2D eigenvalue weighted by Crippen LogP contribution is 2.16. The molecule has 0 aliphatic rings. The van der Waals surface area contributed by atoms with E-state index in [1.165, 1.54) is 206 Å². The third-order valence-electron chi connectivity index (χ3n) is 10.5. The van der Waals surface area contributed by atoms with Gasteiger partial charge in [0.05, 0.1) is 0 Å². The zero-order valence-corrected chi connectivity index (χ0v) is 38.1. The zero-order chi connectivity index (χ0) is 42.1. The number of nitrogens with zero attached hydrogens (tertiary/aromatic N) is 2. The van der Waals surface area contributed by atoms with Gasteiger partial charge in [0, 0.05) is 40.0 Å². The van der Waals surface area contributed by atoms with E-state index in [4.69, 9.17) is 17.5 Å². The number of unbranched alkanes of at least 4 members (excludes halogenated alkanes) is 30. The van der Waals surface area contributed by atoms with E-state index >= 15 is 0 Å². The molecule has 0 atom stereocenters. The SMILES string of the molecule is CCCCCCCCCCCCCCCCCCN(CC)C(C)(O)O.CCCCCCCCCCCCCCCCCCN(CC)C(C)(O)O.O=S(=O)(O)O. The minimum absolute atomic E-state index is 0.683. The standard InChI is InChI=1S/2C22H47NO2.H2O4S/c2*1-4-6-7-8-9-10-11-12-13-14-15-16-17-18-19-20-21-23(5-2)22(3,24)25;1-5(2,3)4/h2*24-25H,4-21H2,1-3H3;(H2,1,2,3,4). The maximum Gasteiger partial charge on any atom is 0.394 e. The summed E-state index contributed by atoms with van der Waals surface area (Å²) >= 11 is 0. The highest BCUT2D eigenvalue weighted by atomic mass is 32.3. The van der Waals surface area contributed by atoms with Crippen molar-refractivity contribution in [3.05, 3.63) is 0 Å². The molecule has 0 aliphatic heterocycles. The van der Waals surface area contributed by atoms with Crippen molar-refractivity contribution in [3.63, 3.8) is 0 Å². The average molecular weight is 813 g/mol. The molecule has 10 nitrogen and oxygen atoms in total. The van der Waals surface area contributed by atoms with Crippen LogP contribution in [0.5, 0.6) is 0 Å². The van der Waals surface area contributed by atoms with Crippen molar-refractivity contribution in [1.29, 1.82) is 0 Å². The van der Waals surface area contributed by atoms with E-state index in [1.54, 1.807) is 9.80 Å². The van der Waals surface area contributed by atoms with Crippen LogP contribution in [-0.2, 0) is 10.4 Å². The quantitative estimate of drug-likeness (QED) is 0.0201. The fourth-order valence-electron chi connectivity index (χ4n) is 7.04. The van der Waals surface area contributed by atoms with Gasteiger partial charge in [-0.25, -0.2) is 0 Å². The van der Waals surface area contributed by atoms with Gasteiger partial charge in [-0.2, -0.15) is 8.42 Å². The zero-order valence-electron chi connectivity index (χ0n) is 37.3.